The summed E-state index contributed by atoms with van der Waals surface area (Å²) in [5.74, 6) is -0.835. The van der Waals surface area contributed by atoms with E-state index in [9.17, 15) is 25.0 Å². The highest BCUT2D eigenvalue weighted by Crippen LogP contribution is 2.25. The van der Waals surface area contributed by atoms with E-state index in [1.54, 1.807) is 42.5 Å². The first-order valence-electron chi connectivity index (χ1n) is 9.90. The second-order valence-corrected chi connectivity index (χ2v) is 7.78. The van der Waals surface area contributed by atoms with Crippen molar-refractivity contribution < 1.29 is 19.2 Å². The molecule has 0 saturated heterocycles. The maximum Gasteiger partial charge on any atom is 0.271 e. The number of hydrogen-bond donors (Lipinski definition) is 2. The van der Waals surface area contributed by atoms with Crippen LogP contribution < -0.4 is 15.4 Å². The lowest BCUT2D eigenvalue weighted by Crippen LogP contribution is -2.20. The van der Waals surface area contributed by atoms with Gasteiger partial charge in [0, 0.05) is 23.5 Å². The van der Waals surface area contributed by atoms with Crippen molar-refractivity contribution in [1.82, 2.24) is 0 Å². The fraction of sp³-hybridized carbons (Fsp3) is 0.0417. The van der Waals surface area contributed by atoms with Crippen LogP contribution in [0.2, 0.25) is 10.0 Å². The molecule has 11 heteroatoms. The van der Waals surface area contributed by atoms with E-state index >= 15 is 0 Å². The van der Waals surface area contributed by atoms with Crippen LogP contribution in [0.4, 0.5) is 17.1 Å². The van der Waals surface area contributed by atoms with Gasteiger partial charge in [-0.25, -0.2) is 0 Å². The van der Waals surface area contributed by atoms with Crippen LogP contribution in [0, 0.1) is 21.4 Å². The quantitative estimate of drug-likeness (QED) is 0.178. The van der Waals surface area contributed by atoms with Crippen LogP contribution in [-0.4, -0.2) is 23.3 Å². The number of rotatable bonds is 8. The minimum Gasteiger partial charge on any atom is -0.484 e. The van der Waals surface area contributed by atoms with Crippen LogP contribution in [0.25, 0.3) is 6.08 Å². The molecule has 3 rings (SSSR count). The number of anilines is 2. The van der Waals surface area contributed by atoms with Gasteiger partial charge in [-0.15, -0.1) is 0 Å². The number of nitriles is 1. The third-order valence-electron chi connectivity index (χ3n) is 4.42. The first-order valence-corrected chi connectivity index (χ1v) is 10.7. The molecule has 9 nitrogen and oxygen atoms in total. The van der Waals surface area contributed by atoms with Gasteiger partial charge < -0.3 is 15.4 Å². The smallest absolute Gasteiger partial charge is 0.271 e. The number of benzene rings is 3. The molecule has 0 spiro atoms. The van der Waals surface area contributed by atoms with Gasteiger partial charge in [0.05, 0.1) is 15.0 Å². The number of carbonyl (C=O) groups is 2. The summed E-state index contributed by atoms with van der Waals surface area (Å²) in [4.78, 5) is 34.9. The third kappa shape index (κ3) is 7.30. The Labute approximate surface area is 209 Å². The molecule has 3 aromatic rings. The Morgan fingerprint density at radius 3 is 2.46 bits per heavy atom. The van der Waals surface area contributed by atoms with Crippen molar-refractivity contribution >= 4 is 58.2 Å². The Kier molecular flexibility index (Phi) is 8.40. The summed E-state index contributed by atoms with van der Waals surface area (Å²) in [6, 6.07) is 18.2. The van der Waals surface area contributed by atoms with E-state index in [2.05, 4.69) is 10.6 Å². The number of non-ortho nitro benzene ring substituents is 1. The van der Waals surface area contributed by atoms with Gasteiger partial charge in [0.25, 0.3) is 17.5 Å². The lowest BCUT2D eigenvalue weighted by atomic mass is 10.1. The summed E-state index contributed by atoms with van der Waals surface area (Å²) in [6.07, 6.45) is 1.33. The number of amides is 2. The molecule has 0 fully saturated rings. The van der Waals surface area contributed by atoms with E-state index in [4.69, 9.17) is 27.9 Å². The van der Waals surface area contributed by atoms with Crippen LogP contribution in [-0.2, 0) is 9.59 Å². The Hall–Kier alpha value is -4.39. The van der Waals surface area contributed by atoms with E-state index in [0.717, 1.165) is 0 Å². The monoisotopic (exact) mass is 510 g/mol. The lowest BCUT2D eigenvalue weighted by molar-refractivity contribution is -0.384. The Bertz CT molecular complexity index is 1370. The van der Waals surface area contributed by atoms with Gasteiger partial charge in [-0.3, -0.25) is 19.7 Å². The number of hydrogen-bond acceptors (Lipinski definition) is 6. The summed E-state index contributed by atoms with van der Waals surface area (Å²) in [5, 5.41) is 26.1. The zero-order valence-electron chi connectivity index (χ0n) is 17.8. The van der Waals surface area contributed by atoms with Gasteiger partial charge in [0.2, 0.25) is 0 Å². The number of nitro groups is 1. The molecule has 0 aliphatic carbocycles. The largest absolute Gasteiger partial charge is 0.484 e. The molecule has 0 bridgehead atoms. The predicted octanol–water partition coefficient (Wildman–Crippen LogP) is 5.46. The second kappa shape index (κ2) is 11.7. The molecule has 0 radical (unpaired) electrons. The van der Waals surface area contributed by atoms with Gasteiger partial charge in [-0.05, 0) is 48.0 Å². The molecule has 2 N–H and O–H groups in total. The first-order chi connectivity index (χ1) is 16.7. The highest BCUT2D eigenvalue weighted by Gasteiger charge is 2.13. The van der Waals surface area contributed by atoms with Crippen molar-refractivity contribution in [1.29, 1.82) is 5.26 Å². The van der Waals surface area contributed by atoms with E-state index in [0.29, 0.717) is 27.0 Å². The molecule has 0 saturated carbocycles. The Morgan fingerprint density at radius 1 is 1.00 bits per heavy atom. The van der Waals surface area contributed by atoms with E-state index in [1.165, 1.54) is 36.4 Å². The molecule has 0 aliphatic rings. The number of ether oxygens (including phenoxy) is 1. The molecule has 0 aromatic heterocycles. The molecule has 0 heterocycles. The fourth-order valence-electron chi connectivity index (χ4n) is 2.82. The van der Waals surface area contributed by atoms with Crippen LogP contribution in [0.5, 0.6) is 5.75 Å². The van der Waals surface area contributed by atoms with Crippen molar-refractivity contribution in [3.8, 4) is 11.8 Å². The normalized spacial score (nSPS) is 10.7. The number of carbonyl (C=O) groups excluding carboxylic acids is 2. The first kappa shape index (κ1) is 25.2. The standard InChI is InChI=1S/C24H16Cl2N4O5/c25-21-8-7-18(12-22(21)26)28-23(31)14-35-20-6-1-3-15(10-20)9-16(13-27)24(32)29-17-4-2-5-19(11-17)30(33)34/h1-12H,14H2,(H,28,31)(H,29,32)/b16-9-. The molecule has 0 aliphatic heterocycles. The molecule has 176 valence electrons. The zero-order chi connectivity index (χ0) is 25.4. The lowest BCUT2D eigenvalue weighted by Gasteiger charge is -2.09. The Balaban J connectivity index is 1.64. The minimum absolute atomic E-state index is 0.176. The molecule has 0 atom stereocenters. The molecular formula is C24H16Cl2N4O5. The topological polar surface area (TPSA) is 134 Å². The summed E-state index contributed by atoms with van der Waals surface area (Å²) in [6.45, 7) is -0.300. The van der Waals surface area contributed by atoms with Crippen LogP contribution >= 0.6 is 23.2 Å². The molecular weight excluding hydrogens is 495 g/mol. The van der Waals surface area contributed by atoms with Crippen molar-refractivity contribution in [3.05, 3.63) is 98.0 Å². The number of nitrogens with zero attached hydrogens (tertiary/aromatic N) is 2. The van der Waals surface area contributed by atoms with E-state index in [-0.39, 0.29) is 23.6 Å². The van der Waals surface area contributed by atoms with Crippen molar-refractivity contribution in [3.63, 3.8) is 0 Å². The fourth-order valence-corrected chi connectivity index (χ4v) is 3.12. The minimum atomic E-state index is -0.736. The highest BCUT2D eigenvalue weighted by atomic mass is 35.5. The maximum absolute atomic E-state index is 12.5. The van der Waals surface area contributed by atoms with E-state index in [1.807, 2.05) is 0 Å². The van der Waals surface area contributed by atoms with Crippen LogP contribution in [0.1, 0.15) is 5.56 Å². The Morgan fingerprint density at radius 2 is 1.74 bits per heavy atom. The van der Waals surface area contributed by atoms with Crippen molar-refractivity contribution in [2.24, 2.45) is 0 Å². The summed E-state index contributed by atoms with van der Waals surface area (Å²) in [5.41, 5.74) is 0.677. The molecule has 0 unspecified atom stereocenters. The summed E-state index contributed by atoms with van der Waals surface area (Å²) < 4.78 is 5.49. The van der Waals surface area contributed by atoms with Crippen LogP contribution in [0.15, 0.2) is 72.3 Å². The van der Waals surface area contributed by atoms with Gasteiger partial charge in [0.1, 0.15) is 17.4 Å². The maximum atomic E-state index is 12.5. The predicted molar refractivity (Wildman–Crippen MR) is 132 cm³/mol. The molecule has 2 amide bonds. The number of nitrogens with one attached hydrogen (secondary N) is 2. The van der Waals surface area contributed by atoms with Gasteiger partial charge >= 0.3 is 0 Å². The second-order valence-electron chi connectivity index (χ2n) is 6.97. The van der Waals surface area contributed by atoms with Gasteiger partial charge in [-0.2, -0.15) is 5.26 Å². The van der Waals surface area contributed by atoms with Gasteiger partial charge in [0.15, 0.2) is 6.61 Å². The van der Waals surface area contributed by atoms with Crippen molar-refractivity contribution in [2.75, 3.05) is 17.2 Å². The summed E-state index contributed by atoms with van der Waals surface area (Å²) in [7, 11) is 0. The van der Waals surface area contributed by atoms with E-state index < -0.39 is 16.7 Å². The summed E-state index contributed by atoms with van der Waals surface area (Å²) >= 11 is 11.8. The SMILES string of the molecule is N#C/C(=C/c1cccc(OCC(=O)Nc2ccc(Cl)c(Cl)c2)c1)C(=O)Nc1cccc([N+](=O)[O-])c1. The van der Waals surface area contributed by atoms with Crippen molar-refractivity contribution in [2.45, 2.75) is 0 Å². The van der Waals surface area contributed by atoms with Gasteiger partial charge in [-0.1, -0.05) is 41.4 Å². The van der Waals surface area contributed by atoms with Crippen LogP contribution in [0.3, 0.4) is 0 Å². The molecule has 3 aromatic carbocycles. The molecule has 35 heavy (non-hydrogen) atoms. The average molecular weight is 511 g/mol. The third-order valence-corrected chi connectivity index (χ3v) is 5.16. The average Bonchev–Trinajstić information content (AvgIpc) is 2.84. The highest BCUT2D eigenvalue weighted by molar-refractivity contribution is 6.42. The number of nitro benzene ring substituents is 1. The zero-order valence-corrected chi connectivity index (χ0v) is 19.3. The number of halogens is 2.